The number of benzene rings is 2. The Morgan fingerprint density at radius 3 is 2.17 bits per heavy atom. The monoisotopic (exact) mass is 433 g/mol. The molecule has 0 saturated heterocycles. The van der Waals surface area contributed by atoms with E-state index >= 15 is 0 Å². The van der Waals surface area contributed by atoms with Gasteiger partial charge in [-0.1, -0.05) is 70.2 Å². The lowest BCUT2D eigenvalue weighted by atomic mass is 9.86. The number of alkyl halides is 3. The highest BCUT2D eigenvalue weighted by Crippen LogP contribution is 2.38. The highest BCUT2D eigenvalue weighted by Gasteiger charge is 2.35. The molecule has 0 atom stereocenters. The van der Waals surface area contributed by atoms with E-state index in [9.17, 15) is 23.2 Å². The molecule has 0 heterocycles. The van der Waals surface area contributed by atoms with Crippen LogP contribution in [0.25, 0.3) is 11.3 Å². The van der Waals surface area contributed by atoms with Crippen LogP contribution in [-0.4, -0.2) is 11.1 Å². The number of hydrogen-bond acceptors (Lipinski definition) is 4. The van der Waals surface area contributed by atoms with Gasteiger partial charge in [-0.3, -0.25) is 0 Å². The zero-order chi connectivity index (χ0) is 22.5. The summed E-state index contributed by atoms with van der Waals surface area (Å²) in [5.41, 5.74) is -0.242. The van der Waals surface area contributed by atoms with Gasteiger partial charge in [0, 0.05) is 11.3 Å². The second-order valence-electron chi connectivity index (χ2n) is 7.47. The average Bonchev–Trinajstić information content (AvgIpc) is 2.67. The topological polar surface area (TPSA) is 50.1 Å². The quantitative estimate of drug-likeness (QED) is 0.220. The molecule has 0 aliphatic heterocycles. The number of rotatable bonds is 4. The lowest BCUT2D eigenvalue weighted by Crippen LogP contribution is -2.12. The highest BCUT2D eigenvalue weighted by molar-refractivity contribution is 8.13. The van der Waals surface area contributed by atoms with Crippen molar-refractivity contribution < 1.29 is 22.7 Å². The molecule has 2 rings (SSSR count). The first-order valence-corrected chi connectivity index (χ1v) is 10.2. The van der Waals surface area contributed by atoms with Crippen molar-refractivity contribution in [2.75, 3.05) is 5.75 Å². The van der Waals surface area contributed by atoms with Crippen LogP contribution in [0.5, 0.6) is 0 Å². The summed E-state index contributed by atoms with van der Waals surface area (Å²) in [7, 11) is 0. The highest BCUT2D eigenvalue weighted by atomic mass is 32.2. The van der Waals surface area contributed by atoms with Crippen molar-refractivity contribution in [1.29, 1.82) is 5.26 Å². The second kappa shape index (κ2) is 9.40. The summed E-state index contributed by atoms with van der Waals surface area (Å²) < 4.78 is 46.1. The van der Waals surface area contributed by atoms with Gasteiger partial charge in [-0.25, -0.2) is 4.79 Å². The molecular weight excluding hydrogens is 411 g/mol. The van der Waals surface area contributed by atoms with Gasteiger partial charge in [0.2, 0.25) is 0 Å². The maximum atomic E-state index is 13.6. The van der Waals surface area contributed by atoms with E-state index in [1.54, 1.807) is 19.1 Å². The minimum absolute atomic E-state index is 0.134. The van der Waals surface area contributed by atoms with E-state index in [4.69, 9.17) is 4.74 Å². The number of hydrogen-bond donors (Lipinski definition) is 0. The van der Waals surface area contributed by atoms with Gasteiger partial charge in [0.1, 0.15) is 11.6 Å². The number of carbonyl (C=O) groups is 1. The van der Waals surface area contributed by atoms with E-state index in [2.05, 4.69) is 0 Å². The Hall–Kier alpha value is -2.72. The normalized spacial score (nSPS) is 12.7. The molecule has 0 amide bonds. The van der Waals surface area contributed by atoms with E-state index in [1.807, 2.05) is 39.0 Å². The van der Waals surface area contributed by atoms with Crippen LogP contribution in [0.1, 0.15) is 49.9 Å². The molecule has 0 fully saturated rings. The van der Waals surface area contributed by atoms with E-state index in [0.29, 0.717) is 11.3 Å². The third kappa shape index (κ3) is 5.67. The molecule has 0 N–H and O–H groups in total. The molecule has 0 bridgehead atoms. The number of nitrogens with zero attached hydrogens (tertiary/aromatic N) is 1. The van der Waals surface area contributed by atoms with Gasteiger partial charge in [-0.15, -0.1) is 0 Å². The van der Waals surface area contributed by atoms with E-state index in [0.717, 1.165) is 23.4 Å². The van der Waals surface area contributed by atoms with Crippen LogP contribution < -0.4 is 0 Å². The number of halogens is 3. The summed E-state index contributed by atoms with van der Waals surface area (Å²) in [6, 6.07) is 13.6. The smallest absolute Gasteiger partial charge is 0.416 e. The third-order valence-corrected chi connectivity index (χ3v) is 4.91. The van der Waals surface area contributed by atoms with Gasteiger partial charge >= 0.3 is 11.5 Å². The third-order valence-electron chi connectivity index (χ3n) is 4.30. The van der Waals surface area contributed by atoms with Crippen LogP contribution in [0.2, 0.25) is 0 Å². The van der Waals surface area contributed by atoms with Crippen molar-refractivity contribution in [2.24, 2.45) is 0 Å². The lowest BCUT2D eigenvalue weighted by molar-refractivity contribution is -0.137. The zero-order valence-electron chi connectivity index (χ0n) is 17.1. The van der Waals surface area contributed by atoms with Gasteiger partial charge < -0.3 is 4.74 Å². The molecule has 0 aromatic heterocycles. The molecule has 158 valence electrons. The van der Waals surface area contributed by atoms with Gasteiger partial charge in [-0.05, 0) is 34.4 Å². The Labute approximate surface area is 178 Å². The molecule has 0 aliphatic rings. The molecule has 2 aromatic carbocycles. The fourth-order valence-corrected chi connectivity index (χ4v) is 3.16. The van der Waals surface area contributed by atoms with Crippen molar-refractivity contribution in [1.82, 2.24) is 0 Å². The van der Waals surface area contributed by atoms with Crippen LogP contribution >= 0.6 is 11.8 Å². The molecule has 0 unspecified atom stereocenters. The van der Waals surface area contributed by atoms with Crippen LogP contribution in [0.4, 0.5) is 18.0 Å². The summed E-state index contributed by atoms with van der Waals surface area (Å²) in [6.07, 6.45) is -4.68. The predicted octanol–water partition coefficient (Wildman–Crippen LogP) is 7.28. The number of allylic oxidation sites excluding steroid dienone is 1. The van der Waals surface area contributed by atoms with Crippen LogP contribution in [-0.2, 0) is 16.3 Å². The van der Waals surface area contributed by atoms with Gasteiger partial charge in [0.25, 0.3) is 0 Å². The SMILES string of the molecule is CCSC(=O)O/C(=C(/C#N)c1ccc(C(C)(C)C)cc1)c1ccccc1C(F)(F)F. The van der Waals surface area contributed by atoms with Crippen LogP contribution in [0.3, 0.4) is 0 Å². The number of nitriles is 1. The standard InChI is InChI=1S/C23H22F3NO2S/c1-5-30-21(28)29-20(17-8-6-7-9-19(17)23(24,25)26)18(14-27)15-10-12-16(13-11-15)22(2,3)4/h6-13H,5H2,1-4H3/b20-18-. The molecule has 7 heteroatoms. The molecule has 0 radical (unpaired) electrons. The summed E-state index contributed by atoms with van der Waals surface area (Å²) in [5.74, 6) is -0.0188. The van der Waals surface area contributed by atoms with Crippen molar-refractivity contribution in [2.45, 2.75) is 39.3 Å². The first-order valence-electron chi connectivity index (χ1n) is 9.25. The predicted molar refractivity (Wildman–Crippen MR) is 114 cm³/mol. The first kappa shape index (κ1) is 23.6. The Morgan fingerprint density at radius 1 is 1.07 bits per heavy atom. The lowest BCUT2D eigenvalue weighted by Gasteiger charge is -2.20. The number of carbonyl (C=O) groups excluding carboxylic acids is 1. The summed E-state index contributed by atoms with van der Waals surface area (Å²) >= 11 is 0.811. The Balaban J connectivity index is 2.73. The molecule has 30 heavy (non-hydrogen) atoms. The largest absolute Gasteiger partial charge is 0.417 e. The summed E-state index contributed by atoms with van der Waals surface area (Å²) in [5, 5.41) is 9.02. The number of thioether (sulfide) groups is 1. The van der Waals surface area contributed by atoms with Crippen molar-refractivity contribution in [3.63, 3.8) is 0 Å². The van der Waals surface area contributed by atoms with Gasteiger partial charge in [0.05, 0.1) is 5.56 Å². The fraction of sp³-hybridized carbons (Fsp3) is 0.304. The molecular formula is C23H22F3NO2S. The second-order valence-corrected chi connectivity index (χ2v) is 8.67. The van der Waals surface area contributed by atoms with Crippen molar-refractivity contribution >= 4 is 28.4 Å². The Kier molecular flexibility index (Phi) is 7.38. The zero-order valence-corrected chi connectivity index (χ0v) is 17.9. The Bertz CT molecular complexity index is 981. The van der Waals surface area contributed by atoms with Crippen LogP contribution in [0.15, 0.2) is 48.5 Å². The molecule has 0 aliphatic carbocycles. The number of ether oxygens (including phenoxy) is 1. The fourth-order valence-electron chi connectivity index (χ4n) is 2.78. The summed E-state index contributed by atoms with van der Waals surface area (Å²) in [6.45, 7) is 7.79. The molecule has 0 spiro atoms. The minimum atomic E-state index is -4.68. The molecule has 3 nitrogen and oxygen atoms in total. The minimum Gasteiger partial charge on any atom is -0.416 e. The Morgan fingerprint density at radius 2 is 1.67 bits per heavy atom. The van der Waals surface area contributed by atoms with E-state index < -0.39 is 22.8 Å². The van der Waals surface area contributed by atoms with Crippen molar-refractivity contribution in [3.05, 3.63) is 70.8 Å². The van der Waals surface area contributed by atoms with Crippen molar-refractivity contribution in [3.8, 4) is 6.07 Å². The van der Waals surface area contributed by atoms with Gasteiger partial charge in [0.15, 0.2) is 5.76 Å². The van der Waals surface area contributed by atoms with Gasteiger partial charge in [-0.2, -0.15) is 18.4 Å². The van der Waals surface area contributed by atoms with Crippen LogP contribution in [0, 0.1) is 11.3 Å². The maximum absolute atomic E-state index is 13.6. The molecule has 0 saturated carbocycles. The maximum Gasteiger partial charge on any atom is 0.417 e. The van der Waals surface area contributed by atoms with E-state index in [-0.39, 0.29) is 16.6 Å². The van der Waals surface area contributed by atoms with E-state index in [1.165, 1.54) is 18.2 Å². The first-order chi connectivity index (χ1) is 14.0. The summed E-state index contributed by atoms with van der Waals surface area (Å²) in [4.78, 5) is 12.1. The average molecular weight is 433 g/mol. The molecule has 2 aromatic rings.